The van der Waals surface area contributed by atoms with E-state index in [1.807, 2.05) is 6.07 Å². The van der Waals surface area contributed by atoms with Gasteiger partial charge in [0.25, 0.3) is 15.9 Å². The largest absolute Gasteiger partial charge is 0.492 e. The van der Waals surface area contributed by atoms with Crippen LogP contribution in [-0.4, -0.2) is 54.3 Å². The maximum absolute atomic E-state index is 13.0. The lowest BCUT2D eigenvalue weighted by Gasteiger charge is -2.14. The molecule has 0 aliphatic heterocycles. The minimum absolute atomic E-state index is 0.0161. The van der Waals surface area contributed by atoms with Crippen LogP contribution >= 0.6 is 0 Å². The molecule has 1 amide bonds. The number of hydrogen-bond donors (Lipinski definition) is 2. The number of carbonyl (C=O) groups is 1. The number of sulfonamides is 2. The summed E-state index contributed by atoms with van der Waals surface area (Å²) in [6, 6.07) is 17.5. The number of carbonyl (C=O) groups excluding carboxylic acids is 1. The summed E-state index contributed by atoms with van der Waals surface area (Å²) in [6.45, 7) is 3.76. The molecule has 0 heterocycles. The molecule has 0 fully saturated rings. The molecular weight excluding hydrogens is 502 g/mol. The number of aryl methyl sites for hydroxylation is 2. The Labute approximate surface area is 212 Å². The second kappa shape index (κ2) is 11.1. The van der Waals surface area contributed by atoms with Gasteiger partial charge in [-0.05, 0) is 67.4 Å². The SMILES string of the molecule is Cc1ccccc1NS(=O)(=O)c1cc(C(=O)NCCOc2ccc(S(=O)(=O)N(C)C)cc2)ccc1C. The number of nitrogens with zero attached hydrogens (tertiary/aromatic N) is 1. The Morgan fingerprint density at radius 2 is 1.56 bits per heavy atom. The van der Waals surface area contributed by atoms with Crippen LogP contribution in [0.1, 0.15) is 21.5 Å². The number of benzene rings is 3. The van der Waals surface area contributed by atoms with E-state index in [9.17, 15) is 21.6 Å². The summed E-state index contributed by atoms with van der Waals surface area (Å²) < 4.78 is 59.5. The fourth-order valence-electron chi connectivity index (χ4n) is 3.27. The monoisotopic (exact) mass is 531 g/mol. The van der Waals surface area contributed by atoms with Crippen molar-refractivity contribution in [1.82, 2.24) is 9.62 Å². The third-order valence-corrected chi connectivity index (χ3v) is 8.72. The van der Waals surface area contributed by atoms with Gasteiger partial charge in [0, 0.05) is 19.7 Å². The minimum Gasteiger partial charge on any atom is -0.492 e. The first kappa shape index (κ1) is 27.2. The van der Waals surface area contributed by atoms with Crippen molar-refractivity contribution in [3.8, 4) is 5.75 Å². The first-order chi connectivity index (χ1) is 16.9. The highest BCUT2D eigenvalue weighted by Crippen LogP contribution is 2.23. The maximum atomic E-state index is 13.0. The van der Waals surface area contributed by atoms with Crippen LogP contribution in [0, 0.1) is 13.8 Å². The molecule has 0 aliphatic carbocycles. The summed E-state index contributed by atoms with van der Waals surface area (Å²) in [7, 11) is -4.52. The molecule has 0 radical (unpaired) electrons. The molecule has 0 aliphatic rings. The van der Waals surface area contributed by atoms with Gasteiger partial charge in [-0.3, -0.25) is 9.52 Å². The van der Waals surface area contributed by atoms with Crippen LogP contribution in [0.25, 0.3) is 0 Å². The van der Waals surface area contributed by atoms with Crippen LogP contribution in [0.15, 0.2) is 76.5 Å². The van der Waals surface area contributed by atoms with Crippen molar-refractivity contribution in [2.75, 3.05) is 32.0 Å². The first-order valence-corrected chi connectivity index (χ1v) is 14.0. The maximum Gasteiger partial charge on any atom is 0.262 e. The lowest BCUT2D eigenvalue weighted by molar-refractivity contribution is 0.0946. The van der Waals surface area contributed by atoms with E-state index in [1.54, 1.807) is 44.2 Å². The molecule has 36 heavy (non-hydrogen) atoms. The molecule has 0 unspecified atom stereocenters. The number of anilines is 1. The van der Waals surface area contributed by atoms with Gasteiger partial charge in [-0.1, -0.05) is 24.3 Å². The highest BCUT2D eigenvalue weighted by atomic mass is 32.2. The van der Waals surface area contributed by atoms with Crippen molar-refractivity contribution in [3.05, 3.63) is 83.4 Å². The van der Waals surface area contributed by atoms with Crippen molar-refractivity contribution in [1.29, 1.82) is 0 Å². The second-order valence-electron chi connectivity index (χ2n) is 8.26. The van der Waals surface area contributed by atoms with Gasteiger partial charge in [0.2, 0.25) is 10.0 Å². The zero-order valence-corrected chi connectivity index (χ0v) is 22.1. The van der Waals surface area contributed by atoms with E-state index in [0.717, 1.165) is 9.87 Å². The van der Waals surface area contributed by atoms with Crippen molar-refractivity contribution >= 4 is 31.6 Å². The fraction of sp³-hybridized carbons (Fsp3) is 0.240. The van der Waals surface area contributed by atoms with Crippen molar-refractivity contribution < 1.29 is 26.4 Å². The van der Waals surface area contributed by atoms with Crippen LogP contribution in [0.3, 0.4) is 0 Å². The Kier molecular flexibility index (Phi) is 8.39. The molecule has 11 heteroatoms. The van der Waals surface area contributed by atoms with E-state index in [-0.39, 0.29) is 28.5 Å². The zero-order chi connectivity index (χ0) is 26.5. The van der Waals surface area contributed by atoms with E-state index in [2.05, 4.69) is 10.0 Å². The smallest absolute Gasteiger partial charge is 0.262 e. The van der Waals surface area contributed by atoms with Crippen LogP contribution in [0.2, 0.25) is 0 Å². The average molecular weight is 532 g/mol. The molecule has 192 valence electrons. The highest BCUT2D eigenvalue weighted by molar-refractivity contribution is 7.92. The van der Waals surface area contributed by atoms with Gasteiger partial charge in [-0.25, -0.2) is 21.1 Å². The van der Waals surface area contributed by atoms with Crippen LogP contribution in [0.5, 0.6) is 5.75 Å². The van der Waals surface area contributed by atoms with E-state index in [1.165, 1.54) is 44.4 Å². The molecule has 0 atom stereocenters. The number of para-hydroxylation sites is 1. The number of rotatable bonds is 10. The molecule has 3 rings (SSSR count). The van der Waals surface area contributed by atoms with Crippen LogP contribution in [0.4, 0.5) is 5.69 Å². The summed E-state index contributed by atoms with van der Waals surface area (Å²) in [6.07, 6.45) is 0. The minimum atomic E-state index is -3.90. The van der Waals surface area contributed by atoms with Gasteiger partial charge in [-0.15, -0.1) is 0 Å². The van der Waals surface area contributed by atoms with Crippen LogP contribution in [-0.2, 0) is 20.0 Å². The normalized spacial score (nSPS) is 11.8. The molecule has 9 nitrogen and oxygen atoms in total. The Hall–Kier alpha value is -3.41. The lowest BCUT2D eigenvalue weighted by Crippen LogP contribution is -2.28. The van der Waals surface area contributed by atoms with E-state index in [0.29, 0.717) is 17.0 Å². The summed E-state index contributed by atoms with van der Waals surface area (Å²) >= 11 is 0. The summed E-state index contributed by atoms with van der Waals surface area (Å²) in [5.41, 5.74) is 1.96. The molecule has 0 saturated carbocycles. The third kappa shape index (κ3) is 6.42. The molecular formula is C25H29N3O6S2. The van der Waals surface area contributed by atoms with E-state index in [4.69, 9.17) is 4.74 Å². The van der Waals surface area contributed by atoms with Crippen molar-refractivity contribution in [2.24, 2.45) is 0 Å². The second-order valence-corrected chi connectivity index (χ2v) is 12.1. The molecule has 3 aromatic carbocycles. The Morgan fingerprint density at radius 3 is 2.19 bits per heavy atom. The highest BCUT2D eigenvalue weighted by Gasteiger charge is 2.20. The van der Waals surface area contributed by atoms with Gasteiger partial charge in [0.15, 0.2) is 0 Å². The van der Waals surface area contributed by atoms with Crippen molar-refractivity contribution in [3.63, 3.8) is 0 Å². The van der Waals surface area contributed by atoms with Gasteiger partial charge >= 0.3 is 0 Å². The van der Waals surface area contributed by atoms with Gasteiger partial charge < -0.3 is 10.1 Å². The van der Waals surface area contributed by atoms with Gasteiger partial charge in [0.1, 0.15) is 12.4 Å². The number of nitrogens with one attached hydrogen (secondary N) is 2. The fourth-order valence-corrected chi connectivity index (χ4v) is 5.58. The Morgan fingerprint density at radius 1 is 0.889 bits per heavy atom. The lowest BCUT2D eigenvalue weighted by atomic mass is 10.1. The molecule has 0 bridgehead atoms. The summed E-state index contributed by atoms with van der Waals surface area (Å²) in [5, 5.41) is 2.69. The molecule has 0 aromatic heterocycles. The van der Waals surface area contributed by atoms with Gasteiger partial charge in [0.05, 0.1) is 22.0 Å². The number of amides is 1. The molecule has 3 aromatic rings. The number of hydrogen-bond acceptors (Lipinski definition) is 6. The predicted octanol–water partition coefficient (Wildman–Crippen LogP) is 3.16. The van der Waals surface area contributed by atoms with Crippen LogP contribution < -0.4 is 14.8 Å². The predicted molar refractivity (Wildman–Crippen MR) is 138 cm³/mol. The van der Waals surface area contributed by atoms with Crippen molar-refractivity contribution in [2.45, 2.75) is 23.6 Å². The average Bonchev–Trinajstić information content (AvgIpc) is 2.83. The number of ether oxygens (including phenoxy) is 1. The quantitative estimate of drug-likeness (QED) is 0.388. The first-order valence-electron chi connectivity index (χ1n) is 11.0. The zero-order valence-electron chi connectivity index (χ0n) is 20.5. The standard InChI is InChI=1S/C25H29N3O6S2/c1-18-7-5-6-8-23(18)27-35(30,31)24-17-20(10-9-19(24)2)25(29)26-15-16-34-21-11-13-22(14-12-21)36(32,33)28(3)4/h5-14,17,27H,15-16H2,1-4H3,(H,26,29). The van der Waals surface area contributed by atoms with E-state index >= 15 is 0 Å². The Bertz CT molecular complexity index is 1450. The Balaban J connectivity index is 1.61. The summed E-state index contributed by atoms with van der Waals surface area (Å²) in [4.78, 5) is 12.8. The molecule has 0 spiro atoms. The third-order valence-electron chi connectivity index (χ3n) is 5.39. The van der Waals surface area contributed by atoms with Gasteiger partial charge in [-0.2, -0.15) is 0 Å². The summed E-state index contributed by atoms with van der Waals surface area (Å²) in [5.74, 6) is 0.00585. The van der Waals surface area contributed by atoms with E-state index < -0.39 is 26.0 Å². The molecule has 0 saturated heterocycles. The topological polar surface area (TPSA) is 122 Å². The molecule has 2 N–H and O–H groups in total.